The molecule has 0 saturated carbocycles. The molecule has 0 aliphatic rings. The van der Waals surface area contributed by atoms with Crippen molar-refractivity contribution in [3.8, 4) is 5.75 Å². The van der Waals surface area contributed by atoms with Crippen LogP contribution in [0.1, 0.15) is 89.5 Å². The molecule has 2 aromatic rings. The van der Waals surface area contributed by atoms with Crippen molar-refractivity contribution in [2.45, 2.75) is 96.4 Å². The Balaban J connectivity index is 1.79. The number of unbranched alkanes of at least 4 members (excludes halogenated alkanes) is 11. The first kappa shape index (κ1) is 32.3. The van der Waals surface area contributed by atoms with Crippen LogP contribution in [0.2, 0.25) is 0 Å². The minimum Gasteiger partial charge on any atom is -0.465 e. The van der Waals surface area contributed by atoms with E-state index in [9.17, 15) is 18.1 Å². The Morgan fingerprint density at radius 2 is 1.39 bits per heavy atom. The lowest BCUT2D eigenvalue weighted by atomic mass is 10.1. The summed E-state index contributed by atoms with van der Waals surface area (Å²) in [6.45, 7) is -1.60. The fraction of sp³-hybridized carbons (Fsp3) is 0.552. The molecular weight excluding hydrogens is 531 g/mol. The van der Waals surface area contributed by atoms with Gasteiger partial charge in [-0.15, -0.1) is 0 Å². The zero-order chi connectivity index (χ0) is 27.6. The number of ether oxygens (including phenoxy) is 1. The predicted octanol–water partition coefficient (Wildman–Crippen LogP) is 9.14. The maximum Gasteiger partial charge on any atom is 0.409 e. The lowest BCUT2D eigenvalue weighted by Crippen LogP contribution is -2.38. The number of hydrogen-bond donors (Lipinski definition) is 1. The number of nitrogens with one attached hydrogen (secondary N) is 1. The normalized spacial score (nSPS) is 13.6. The quantitative estimate of drug-likeness (QED) is 0.0975. The van der Waals surface area contributed by atoms with Crippen LogP contribution in [0.25, 0.3) is 0 Å². The maximum atomic E-state index is 13.7. The van der Waals surface area contributed by atoms with Crippen LogP contribution in [0.15, 0.2) is 48.5 Å². The summed E-state index contributed by atoms with van der Waals surface area (Å²) in [4.78, 5) is 12.8. The second kappa shape index (κ2) is 18.4. The lowest BCUT2D eigenvalue weighted by Gasteiger charge is -2.21. The van der Waals surface area contributed by atoms with Gasteiger partial charge in [0.05, 0.1) is 6.61 Å². The Hall–Kier alpha value is -1.95. The second-order valence-electron chi connectivity index (χ2n) is 9.60. The van der Waals surface area contributed by atoms with Crippen molar-refractivity contribution in [2.75, 3.05) is 6.61 Å². The SMILES string of the molecule is CCCCCCCCCCCCCCOC(=O)[C@H](Cc1cc(F)cc(F)c1)NP(=O)(Cl)Oc1ccccc1. The molecule has 38 heavy (non-hydrogen) atoms. The van der Waals surface area contributed by atoms with E-state index in [2.05, 4.69) is 12.0 Å². The van der Waals surface area contributed by atoms with Crippen LogP contribution in [-0.4, -0.2) is 18.6 Å². The van der Waals surface area contributed by atoms with Gasteiger partial charge in [-0.05, 0) is 42.7 Å². The molecule has 1 unspecified atom stereocenters. The van der Waals surface area contributed by atoms with Crippen molar-refractivity contribution in [2.24, 2.45) is 0 Å². The highest BCUT2D eigenvalue weighted by Gasteiger charge is 2.31. The molecule has 2 rings (SSSR count). The Bertz CT molecular complexity index is 976. The highest BCUT2D eigenvalue weighted by Crippen LogP contribution is 2.48. The molecule has 0 amide bonds. The van der Waals surface area contributed by atoms with E-state index >= 15 is 0 Å². The zero-order valence-electron chi connectivity index (χ0n) is 22.3. The Kier molecular flexibility index (Phi) is 15.6. The van der Waals surface area contributed by atoms with Gasteiger partial charge in [-0.25, -0.2) is 18.4 Å². The average Bonchev–Trinajstić information content (AvgIpc) is 2.86. The fourth-order valence-corrected chi connectivity index (χ4v) is 5.80. The van der Waals surface area contributed by atoms with E-state index in [1.165, 1.54) is 51.4 Å². The number of hydrogen-bond acceptors (Lipinski definition) is 4. The van der Waals surface area contributed by atoms with E-state index in [1.807, 2.05) is 0 Å². The number of rotatable bonds is 20. The van der Waals surface area contributed by atoms with Crippen LogP contribution in [0, 0.1) is 11.6 Å². The first-order valence-corrected chi connectivity index (χ1v) is 16.3. The van der Waals surface area contributed by atoms with Crippen molar-refractivity contribution < 1.29 is 27.4 Å². The molecule has 0 heterocycles. The van der Waals surface area contributed by atoms with Gasteiger partial charge in [0, 0.05) is 17.3 Å². The summed E-state index contributed by atoms with van der Waals surface area (Å²) in [7, 11) is 0. The smallest absolute Gasteiger partial charge is 0.409 e. The first-order chi connectivity index (χ1) is 18.3. The Labute approximate surface area is 230 Å². The largest absolute Gasteiger partial charge is 0.465 e. The monoisotopic (exact) mass is 571 g/mol. The van der Waals surface area contributed by atoms with Crippen molar-refractivity contribution >= 4 is 24.1 Å². The zero-order valence-corrected chi connectivity index (χ0v) is 24.0. The second-order valence-corrected chi connectivity index (χ2v) is 12.3. The molecule has 212 valence electrons. The minimum atomic E-state index is -4.02. The summed E-state index contributed by atoms with van der Waals surface area (Å²) >= 11 is 6.09. The molecule has 0 aromatic heterocycles. The van der Waals surface area contributed by atoms with E-state index in [0.29, 0.717) is 6.42 Å². The molecule has 1 N–H and O–H groups in total. The number of halogens is 3. The molecule has 0 aliphatic carbocycles. The summed E-state index contributed by atoms with van der Waals surface area (Å²) in [5, 5.41) is 2.51. The lowest BCUT2D eigenvalue weighted by molar-refractivity contribution is -0.145. The standard InChI is InChI=1S/C29H41ClF2NO4P/c1-2-3-4-5-6-7-8-9-10-11-12-16-19-36-29(34)28(22-24-20-25(31)23-26(32)21-24)33-38(30,35)37-27-17-14-13-15-18-27/h13-15,17-18,20-21,23,28H,2-12,16,19,22H2,1H3,(H,33,35)/t28-,38?/m0/s1. The number of esters is 1. The number of para-hydroxylation sites is 1. The van der Waals surface area contributed by atoms with Gasteiger partial charge in [-0.2, -0.15) is 0 Å². The maximum absolute atomic E-state index is 13.7. The third-order valence-corrected chi connectivity index (χ3v) is 7.73. The van der Waals surface area contributed by atoms with E-state index in [0.717, 1.165) is 37.5 Å². The summed E-state index contributed by atoms with van der Waals surface area (Å²) in [6.07, 6.45) is 14.0. The predicted molar refractivity (Wildman–Crippen MR) is 150 cm³/mol. The van der Waals surface area contributed by atoms with Gasteiger partial charge < -0.3 is 9.26 Å². The van der Waals surface area contributed by atoms with E-state index in [4.69, 9.17) is 20.5 Å². The molecule has 2 atom stereocenters. The van der Waals surface area contributed by atoms with Crippen molar-refractivity contribution in [3.63, 3.8) is 0 Å². The van der Waals surface area contributed by atoms with Gasteiger partial charge in [0.15, 0.2) is 0 Å². The van der Waals surface area contributed by atoms with E-state index in [-0.39, 0.29) is 24.3 Å². The van der Waals surface area contributed by atoms with Crippen molar-refractivity contribution in [3.05, 3.63) is 65.7 Å². The third kappa shape index (κ3) is 14.3. The Morgan fingerprint density at radius 3 is 1.95 bits per heavy atom. The van der Waals surface area contributed by atoms with Crippen LogP contribution >= 0.6 is 18.1 Å². The number of carbonyl (C=O) groups excluding carboxylic acids is 1. The van der Waals surface area contributed by atoms with E-state index < -0.39 is 30.5 Å². The van der Waals surface area contributed by atoms with Gasteiger partial charge >= 0.3 is 12.8 Å². The van der Waals surface area contributed by atoms with Gasteiger partial charge in [-0.3, -0.25) is 4.79 Å². The van der Waals surface area contributed by atoms with Gasteiger partial charge in [-0.1, -0.05) is 95.8 Å². The molecular formula is C29H41ClF2NO4P. The van der Waals surface area contributed by atoms with Crippen LogP contribution in [0.4, 0.5) is 8.78 Å². The van der Waals surface area contributed by atoms with Gasteiger partial charge in [0.1, 0.15) is 23.4 Å². The highest BCUT2D eigenvalue weighted by molar-refractivity contribution is 7.84. The molecule has 0 aliphatic heterocycles. The van der Waals surface area contributed by atoms with Crippen LogP contribution in [0.5, 0.6) is 5.75 Å². The van der Waals surface area contributed by atoms with Crippen molar-refractivity contribution in [1.29, 1.82) is 0 Å². The minimum absolute atomic E-state index is 0.180. The number of benzene rings is 2. The summed E-state index contributed by atoms with van der Waals surface area (Å²) in [5.41, 5.74) is 0.193. The molecule has 0 saturated heterocycles. The molecule has 9 heteroatoms. The van der Waals surface area contributed by atoms with Gasteiger partial charge in [0.2, 0.25) is 0 Å². The summed E-state index contributed by atoms with van der Waals surface area (Å²) in [6, 6.07) is 9.99. The first-order valence-electron chi connectivity index (χ1n) is 13.7. The third-order valence-electron chi connectivity index (χ3n) is 6.16. The fourth-order valence-electron chi connectivity index (χ4n) is 4.19. The van der Waals surface area contributed by atoms with Crippen LogP contribution < -0.4 is 9.61 Å². The summed E-state index contributed by atoms with van der Waals surface area (Å²) < 4.78 is 51.0. The number of carbonyl (C=O) groups is 1. The van der Waals surface area contributed by atoms with Crippen molar-refractivity contribution in [1.82, 2.24) is 5.09 Å². The highest BCUT2D eigenvalue weighted by atomic mass is 35.7. The summed E-state index contributed by atoms with van der Waals surface area (Å²) in [5.74, 6) is -2.02. The topological polar surface area (TPSA) is 64.6 Å². The average molecular weight is 572 g/mol. The molecule has 0 bridgehead atoms. The molecule has 2 aromatic carbocycles. The van der Waals surface area contributed by atoms with Crippen LogP contribution in [0.3, 0.4) is 0 Å². The molecule has 0 radical (unpaired) electrons. The van der Waals surface area contributed by atoms with Gasteiger partial charge in [0.25, 0.3) is 0 Å². The Morgan fingerprint density at radius 1 is 0.868 bits per heavy atom. The molecule has 0 fully saturated rings. The van der Waals surface area contributed by atoms with Crippen LogP contribution in [-0.2, 0) is 20.5 Å². The molecule has 0 spiro atoms. The van der Waals surface area contributed by atoms with E-state index in [1.54, 1.807) is 30.3 Å². The molecule has 5 nitrogen and oxygen atoms in total.